The Labute approximate surface area is 131 Å². The summed E-state index contributed by atoms with van der Waals surface area (Å²) in [6, 6.07) is 11.3. The van der Waals surface area contributed by atoms with Crippen LogP contribution in [0.25, 0.3) is 0 Å². The molecule has 3 N–H and O–H groups in total. The summed E-state index contributed by atoms with van der Waals surface area (Å²) in [4.78, 5) is 12.3. The quantitative estimate of drug-likeness (QED) is 0.848. The Hall–Kier alpha value is -2.49. The van der Waals surface area contributed by atoms with E-state index in [1.165, 1.54) is 0 Å². The summed E-state index contributed by atoms with van der Waals surface area (Å²) >= 11 is 0. The number of benzene rings is 2. The van der Waals surface area contributed by atoms with Crippen molar-refractivity contribution in [3.8, 4) is 5.75 Å². The normalized spacial score (nSPS) is 11.8. The number of amides is 1. The molecule has 0 heterocycles. The number of nitrogens with one attached hydrogen (secondary N) is 1. The van der Waals surface area contributed by atoms with Crippen molar-refractivity contribution >= 4 is 17.3 Å². The van der Waals surface area contributed by atoms with Gasteiger partial charge in [-0.2, -0.15) is 0 Å². The molecular weight excluding hydrogens is 276 g/mol. The van der Waals surface area contributed by atoms with E-state index in [0.29, 0.717) is 11.4 Å². The highest BCUT2D eigenvalue weighted by Gasteiger charge is 2.17. The van der Waals surface area contributed by atoms with Crippen molar-refractivity contribution in [1.82, 2.24) is 0 Å². The third-order valence-electron chi connectivity index (χ3n) is 3.59. The molecule has 0 radical (unpaired) electrons. The molecule has 0 aliphatic heterocycles. The summed E-state index contributed by atoms with van der Waals surface area (Å²) in [7, 11) is 0. The Bertz CT molecular complexity index is 675. The van der Waals surface area contributed by atoms with Crippen LogP contribution in [0, 0.1) is 20.8 Å². The lowest BCUT2D eigenvalue weighted by Gasteiger charge is -2.18. The van der Waals surface area contributed by atoms with Gasteiger partial charge in [0.05, 0.1) is 0 Å². The molecule has 1 atom stereocenters. The van der Waals surface area contributed by atoms with Crippen LogP contribution in [-0.2, 0) is 4.79 Å². The van der Waals surface area contributed by atoms with E-state index in [1.807, 2.05) is 51.1 Å². The Kier molecular flexibility index (Phi) is 4.71. The number of anilines is 2. The highest BCUT2D eigenvalue weighted by Crippen LogP contribution is 2.24. The van der Waals surface area contributed by atoms with Crippen molar-refractivity contribution in [3.05, 3.63) is 53.1 Å². The van der Waals surface area contributed by atoms with E-state index in [1.54, 1.807) is 13.0 Å². The number of aryl methyl sites for hydroxylation is 3. The zero-order valence-electron chi connectivity index (χ0n) is 13.4. The first-order valence-electron chi connectivity index (χ1n) is 7.28. The second-order valence-corrected chi connectivity index (χ2v) is 5.54. The van der Waals surface area contributed by atoms with Crippen molar-refractivity contribution < 1.29 is 9.53 Å². The van der Waals surface area contributed by atoms with Gasteiger partial charge in [0.1, 0.15) is 5.75 Å². The largest absolute Gasteiger partial charge is 0.480 e. The summed E-state index contributed by atoms with van der Waals surface area (Å²) in [5.41, 5.74) is 10.1. The van der Waals surface area contributed by atoms with Crippen LogP contribution in [0.4, 0.5) is 11.4 Å². The summed E-state index contributed by atoms with van der Waals surface area (Å²) < 4.78 is 5.84. The monoisotopic (exact) mass is 298 g/mol. The molecule has 2 aromatic carbocycles. The van der Waals surface area contributed by atoms with Gasteiger partial charge in [0, 0.05) is 11.4 Å². The first-order chi connectivity index (χ1) is 10.4. The number of rotatable bonds is 4. The van der Waals surface area contributed by atoms with Gasteiger partial charge in [0.2, 0.25) is 0 Å². The molecule has 0 bridgehead atoms. The predicted octanol–water partition coefficient (Wildman–Crippen LogP) is 3.60. The molecule has 4 heteroatoms. The van der Waals surface area contributed by atoms with E-state index in [-0.39, 0.29) is 5.91 Å². The number of ether oxygens (including phenoxy) is 1. The topological polar surface area (TPSA) is 64.3 Å². The Morgan fingerprint density at radius 1 is 1.09 bits per heavy atom. The van der Waals surface area contributed by atoms with Gasteiger partial charge < -0.3 is 15.8 Å². The highest BCUT2D eigenvalue weighted by atomic mass is 16.5. The molecule has 0 aliphatic rings. The molecule has 0 aliphatic carbocycles. The van der Waals surface area contributed by atoms with E-state index < -0.39 is 6.10 Å². The van der Waals surface area contributed by atoms with Gasteiger partial charge in [-0.15, -0.1) is 0 Å². The molecule has 1 amide bonds. The lowest BCUT2D eigenvalue weighted by molar-refractivity contribution is -0.122. The number of hydrogen-bond acceptors (Lipinski definition) is 3. The molecule has 2 aromatic rings. The molecule has 4 nitrogen and oxygen atoms in total. The minimum atomic E-state index is -0.597. The van der Waals surface area contributed by atoms with Gasteiger partial charge >= 0.3 is 0 Å². The fourth-order valence-corrected chi connectivity index (χ4v) is 2.22. The van der Waals surface area contributed by atoms with Crippen molar-refractivity contribution in [2.75, 3.05) is 11.1 Å². The standard InChI is InChI=1S/C18H22N2O2/c1-11-8-9-15(19)10-16(11)20-18(21)14(4)22-17-12(2)6-5-7-13(17)3/h5-10,14H,19H2,1-4H3,(H,20,21)/t14-/m1/s1. The number of hydrogen-bond donors (Lipinski definition) is 2. The fraction of sp³-hybridized carbons (Fsp3) is 0.278. The third-order valence-corrected chi connectivity index (χ3v) is 3.59. The molecule has 0 spiro atoms. The molecule has 0 aromatic heterocycles. The Morgan fingerprint density at radius 3 is 2.36 bits per heavy atom. The van der Waals surface area contributed by atoms with Crippen LogP contribution in [0.15, 0.2) is 36.4 Å². The van der Waals surface area contributed by atoms with Crippen LogP contribution < -0.4 is 15.8 Å². The number of carbonyl (C=O) groups is 1. The second kappa shape index (κ2) is 6.52. The second-order valence-electron chi connectivity index (χ2n) is 5.54. The van der Waals surface area contributed by atoms with Crippen LogP contribution in [0.2, 0.25) is 0 Å². The summed E-state index contributed by atoms with van der Waals surface area (Å²) in [6.45, 7) is 7.60. The maximum atomic E-state index is 12.3. The minimum Gasteiger partial charge on any atom is -0.480 e. The van der Waals surface area contributed by atoms with Crippen molar-refractivity contribution in [1.29, 1.82) is 0 Å². The molecule has 116 valence electrons. The van der Waals surface area contributed by atoms with Crippen LogP contribution in [-0.4, -0.2) is 12.0 Å². The summed E-state index contributed by atoms with van der Waals surface area (Å²) in [6.07, 6.45) is -0.597. The zero-order chi connectivity index (χ0) is 16.3. The smallest absolute Gasteiger partial charge is 0.265 e. The van der Waals surface area contributed by atoms with E-state index in [0.717, 1.165) is 22.4 Å². The zero-order valence-corrected chi connectivity index (χ0v) is 13.4. The van der Waals surface area contributed by atoms with E-state index in [4.69, 9.17) is 10.5 Å². The first-order valence-corrected chi connectivity index (χ1v) is 7.28. The lowest BCUT2D eigenvalue weighted by Crippen LogP contribution is -2.30. The van der Waals surface area contributed by atoms with Gasteiger partial charge in [-0.3, -0.25) is 4.79 Å². The van der Waals surface area contributed by atoms with Gasteiger partial charge in [0.15, 0.2) is 6.10 Å². The van der Waals surface area contributed by atoms with Crippen molar-refractivity contribution in [2.45, 2.75) is 33.8 Å². The third kappa shape index (κ3) is 3.58. The minimum absolute atomic E-state index is 0.198. The van der Waals surface area contributed by atoms with E-state index in [9.17, 15) is 4.79 Å². The molecule has 0 saturated carbocycles. The first kappa shape index (κ1) is 15.9. The Morgan fingerprint density at radius 2 is 1.73 bits per heavy atom. The average molecular weight is 298 g/mol. The summed E-state index contributed by atoms with van der Waals surface area (Å²) in [5, 5.41) is 2.87. The van der Waals surface area contributed by atoms with Crippen molar-refractivity contribution in [2.24, 2.45) is 0 Å². The number of nitrogens with two attached hydrogens (primary N) is 1. The highest BCUT2D eigenvalue weighted by molar-refractivity contribution is 5.95. The van der Waals surface area contributed by atoms with Crippen LogP contribution >= 0.6 is 0 Å². The molecule has 0 saturated heterocycles. The Balaban J connectivity index is 2.11. The number of para-hydroxylation sites is 1. The van der Waals surface area contributed by atoms with Crippen LogP contribution in [0.5, 0.6) is 5.75 Å². The average Bonchev–Trinajstić information content (AvgIpc) is 2.46. The van der Waals surface area contributed by atoms with Gasteiger partial charge in [-0.1, -0.05) is 24.3 Å². The maximum absolute atomic E-state index is 12.3. The van der Waals surface area contributed by atoms with Crippen LogP contribution in [0.3, 0.4) is 0 Å². The lowest BCUT2D eigenvalue weighted by atomic mass is 10.1. The fourth-order valence-electron chi connectivity index (χ4n) is 2.22. The molecule has 0 unspecified atom stereocenters. The summed E-state index contributed by atoms with van der Waals surface area (Å²) in [5.74, 6) is 0.561. The predicted molar refractivity (Wildman–Crippen MR) is 90.2 cm³/mol. The van der Waals surface area contributed by atoms with E-state index >= 15 is 0 Å². The number of carbonyl (C=O) groups excluding carboxylic acids is 1. The molecule has 22 heavy (non-hydrogen) atoms. The van der Waals surface area contributed by atoms with E-state index in [2.05, 4.69) is 5.32 Å². The van der Waals surface area contributed by atoms with Gasteiger partial charge in [-0.05, 0) is 56.5 Å². The molecule has 0 fully saturated rings. The maximum Gasteiger partial charge on any atom is 0.265 e. The number of nitrogen functional groups attached to an aromatic ring is 1. The molecular formula is C18H22N2O2. The van der Waals surface area contributed by atoms with Crippen molar-refractivity contribution in [3.63, 3.8) is 0 Å². The molecule has 2 rings (SSSR count). The van der Waals surface area contributed by atoms with Crippen LogP contribution in [0.1, 0.15) is 23.6 Å². The SMILES string of the molecule is Cc1ccc(N)cc1NC(=O)[C@@H](C)Oc1c(C)cccc1C. The van der Waals surface area contributed by atoms with Gasteiger partial charge in [-0.25, -0.2) is 0 Å². The van der Waals surface area contributed by atoms with Gasteiger partial charge in [0.25, 0.3) is 5.91 Å².